The summed E-state index contributed by atoms with van der Waals surface area (Å²) in [6.07, 6.45) is 3.95. The van der Waals surface area contributed by atoms with Crippen molar-refractivity contribution in [1.29, 1.82) is 0 Å². The summed E-state index contributed by atoms with van der Waals surface area (Å²) in [5, 5.41) is 2.26. The minimum atomic E-state index is -0.141. The lowest BCUT2D eigenvalue weighted by Crippen LogP contribution is -2.27. The van der Waals surface area contributed by atoms with Gasteiger partial charge in [-0.3, -0.25) is 9.69 Å². The van der Waals surface area contributed by atoms with Gasteiger partial charge in [-0.05, 0) is 54.1 Å². The molecule has 1 aliphatic heterocycles. The van der Waals surface area contributed by atoms with Crippen LogP contribution in [-0.4, -0.2) is 21.9 Å². The molecule has 8 heteroatoms. The van der Waals surface area contributed by atoms with Gasteiger partial charge in [-0.1, -0.05) is 71.4 Å². The van der Waals surface area contributed by atoms with Crippen molar-refractivity contribution in [2.45, 2.75) is 6.54 Å². The average molecular weight is 525 g/mol. The predicted octanol–water partition coefficient (Wildman–Crippen LogP) is 7.41. The Morgan fingerprint density at radius 1 is 1.06 bits per heavy atom. The molecule has 1 aliphatic rings. The van der Waals surface area contributed by atoms with E-state index in [0.29, 0.717) is 31.5 Å². The standard InChI is InChI=1S/C26H18Cl2N2O2S2/c1-32-20-10-8-19(9-11-20)30-25(31)24(34-26(30)33)12-17-15-29(23-5-3-2-4-21(17)23)14-16-6-7-18(27)13-22(16)28/h2-13,15H,14H2,1H3/b24-12+. The van der Waals surface area contributed by atoms with Crippen molar-refractivity contribution in [3.8, 4) is 5.75 Å². The Bertz CT molecular complexity index is 1460. The molecule has 3 aromatic carbocycles. The van der Waals surface area contributed by atoms with E-state index in [-0.39, 0.29) is 5.91 Å². The summed E-state index contributed by atoms with van der Waals surface area (Å²) >= 11 is 19.3. The van der Waals surface area contributed by atoms with Crippen molar-refractivity contribution < 1.29 is 9.53 Å². The fraction of sp³-hybridized carbons (Fsp3) is 0.0769. The van der Waals surface area contributed by atoms with E-state index in [1.54, 1.807) is 18.1 Å². The lowest BCUT2D eigenvalue weighted by molar-refractivity contribution is -0.113. The monoisotopic (exact) mass is 524 g/mol. The maximum absolute atomic E-state index is 13.3. The molecule has 0 saturated carbocycles. The van der Waals surface area contributed by atoms with Gasteiger partial charge < -0.3 is 9.30 Å². The van der Waals surface area contributed by atoms with Gasteiger partial charge in [0.25, 0.3) is 5.91 Å². The quantitative estimate of drug-likeness (QED) is 0.201. The van der Waals surface area contributed by atoms with Gasteiger partial charge in [-0.25, -0.2) is 0 Å². The van der Waals surface area contributed by atoms with Crippen LogP contribution in [0.25, 0.3) is 17.0 Å². The van der Waals surface area contributed by atoms with Gasteiger partial charge in [0, 0.05) is 39.3 Å². The van der Waals surface area contributed by atoms with Crippen LogP contribution in [0, 0.1) is 0 Å². The van der Waals surface area contributed by atoms with E-state index in [9.17, 15) is 4.79 Å². The number of rotatable bonds is 5. The number of carbonyl (C=O) groups is 1. The average Bonchev–Trinajstić information content (AvgIpc) is 3.32. The SMILES string of the molecule is COc1ccc(N2C(=O)/C(=C\c3cn(Cc4ccc(Cl)cc4Cl)c4ccccc34)SC2=S)cc1. The number of amides is 1. The van der Waals surface area contributed by atoms with Gasteiger partial charge in [-0.2, -0.15) is 0 Å². The second-order valence-electron chi connectivity index (χ2n) is 7.68. The first kappa shape index (κ1) is 23.0. The Balaban J connectivity index is 1.50. The second-order valence-corrected chi connectivity index (χ2v) is 10.2. The van der Waals surface area contributed by atoms with Crippen LogP contribution in [0.4, 0.5) is 5.69 Å². The minimum Gasteiger partial charge on any atom is -0.497 e. The summed E-state index contributed by atoms with van der Waals surface area (Å²) < 4.78 is 7.84. The topological polar surface area (TPSA) is 34.5 Å². The van der Waals surface area contributed by atoms with Crippen LogP contribution in [0.1, 0.15) is 11.1 Å². The molecule has 0 bridgehead atoms. The molecule has 1 aromatic heterocycles. The summed E-state index contributed by atoms with van der Waals surface area (Å²) in [5.74, 6) is 0.580. The van der Waals surface area contributed by atoms with Crippen molar-refractivity contribution >= 4 is 80.1 Å². The molecule has 1 amide bonds. The fourth-order valence-corrected chi connectivity index (χ4v) is 5.68. The Labute approximate surface area is 216 Å². The normalized spacial score (nSPS) is 15.0. The number of ether oxygens (including phenoxy) is 1. The first-order valence-corrected chi connectivity index (χ1v) is 12.4. The predicted molar refractivity (Wildman–Crippen MR) is 146 cm³/mol. The lowest BCUT2D eigenvalue weighted by atomic mass is 10.1. The Hall–Kier alpha value is -2.77. The van der Waals surface area contributed by atoms with Gasteiger partial charge in [0.05, 0.1) is 17.7 Å². The number of nitrogens with zero attached hydrogens (tertiary/aromatic N) is 2. The van der Waals surface area contributed by atoms with E-state index in [4.69, 9.17) is 40.2 Å². The van der Waals surface area contributed by atoms with Crippen molar-refractivity contribution in [2.24, 2.45) is 0 Å². The van der Waals surface area contributed by atoms with E-state index in [2.05, 4.69) is 10.6 Å². The molecule has 0 spiro atoms. The van der Waals surface area contributed by atoms with Crippen LogP contribution in [0.5, 0.6) is 5.75 Å². The van der Waals surface area contributed by atoms with Crippen LogP contribution < -0.4 is 9.64 Å². The highest BCUT2D eigenvalue weighted by molar-refractivity contribution is 8.27. The molecule has 5 rings (SSSR count). The second kappa shape index (κ2) is 9.47. The van der Waals surface area contributed by atoms with Crippen molar-refractivity contribution in [3.63, 3.8) is 0 Å². The van der Waals surface area contributed by atoms with Gasteiger partial charge >= 0.3 is 0 Å². The van der Waals surface area contributed by atoms with E-state index in [0.717, 1.165) is 27.8 Å². The smallest absolute Gasteiger partial charge is 0.270 e. The van der Waals surface area contributed by atoms with Crippen LogP contribution >= 0.6 is 47.2 Å². The first-order chi connectivity index (χ1) is 16.4. The molecule has 2 heterocycles. The Morgan fingerprint density at radius 3 is 2.56 bits per heavy atom. The highest BCUT2D eigenvalue weighted by Crippen LogP contribution is 2.38. The molecule has 4 nitrogen and oxygen atoms in total. The Morgan fingerprint density at radius 2 is 1.82 bits per heavy atom. The van der Waals surface area contributed by atoms with Crippen molar-refractivity contribution in [1.82, 2.24) is 4.57 Å². The number of anilines is 1. The van der Waals surface area contributed by atoms with E-state index < -0.39 is 0 Å². The van der Waals surface area contributed by atoms with Gasteiger partial charge in [0.2, 0.25) is 0 Å². The summed E-state index contributed by atoms with van der Waals surface area (Å²) in [7, 11) is 1.61. The number of hydrogen-bond acceptors (Lipinski definition) is 4. The number of fused-ring (bicyclic) bond motifs is 1. The minimum absolute atomic E-state index is 0.141. The van der Waals surface area contributed by atoms with Crippen LogP contribution in [0.2, 0.25) is 10.0 Å². The molecular weight excluding hydrogens is 507 g/mol. The summed E-state index contributed by atoms with van der Waals surface area (Å²) in [6, 6.07) is 20.9. The molecule has 0 radical (unpaired) electrons. The molecule has 0 aliphatic carbocycles. The number of aromatic nitrogens is 1. The lowest BCUT2D eigenvalue weighted by Gasteiger charge is -2.14. The zero-order chi connectivity index (χ0) is 23.8. The molecule has 4 aromatic rings. The van der Waals surface area contributed by atoms with Crippen molar-refractivity contribution in [3.05, 3.63) is 99.0 Å². The van der Waals surface area contributed by atoms with Gasteiger partial charge in [-0.15, -0.1) is 0 Å². The van der Waals surface area contributed by atoms with E-state index >= 15 is 0 Å². The number of benzene rings is 3. The van der Waals surface area contributed by atoms with E-state index in [1.807, 2.05) is 66.9 Å². The molecular formula is C26H18Cl2N2O2S2. The zero-order valence-electron chi connectivity index (χ0n) is 18.0. The number of hydrogen-bond donors (Lipinski definition) is 0. The number of halogens is 2. The first-order valence-electron chi connectivity index (χ1n) is 10.4. The maximum Gasteiger partial charge on any atom is 0.270 e. The summed E-state index contributed by atoms with van der Waals surface area (Å²) in [6.45, 7) is 0.581. The highest BCUT2D eigenvalue weighted by Gasteiger charge is 2.33. The third kappa shape index (κ3) is 4.34. The summed E-state index contributed by atoms with van der Waals surface area (Å²) in [4.78, 5) is 15.4. The zero-order valence-corrected chi connectivity index (χ0v) is 21.1. The third-order valence-electron chi connectivity index (χ3n) is 5.59. The van der Waals surface area contributed by atoms with Gasteiger partial charge in [0.15, 0.2) is 4.32 Å². The molecule has 0 unspecified atom stereocenters. The number of thioether (sulfide) groups is 1. The number of thiocarbonyl (C=S) groups is 1. The Kier molecular flexibility index (Phi) is 6.40. The molecule has 34 heavy (non-hydrogen) atoms. The van der Waals surface area contributed by atoms with Crippen molar-refractivity contribution in [2.75, 3.05) is 12.0 Å². The summed E-state index contributed by atoms with van der Waals surface area (Å²) in [5.41, 5.74) is 3.66. The number of carbonyl (C=O) groups excluding carboxylic acids is 1. The van der Waals surface area contributed by atoms with Crippen LogP contribution in [0.3, 0.4) is 0 Å². The highest BCUT2D eigenvalue weighted by atomic mass is 35.5. The van der Waals surface area contributed by atoms with Gasteiger partial charge in [0.1, 0.15) is 5.75 Å². The maximum atomic E-state index is 13.3. The molecule has 1 fully saturated rings. The van der Waals surface area contributed by atoms with Crippen LogP contribution in [0.15, 0.2) is 77.8 Å². The molecule has 1 saturated heterocycles. The number of para-hydroxylation sites is 1. The molecule has 0 atom stereocenters. The molecule has 170 valence electrons. The molecule has 0 N–H and O–H groups in total. The largest absolute Gasteiger partial charge is 0.497 e. The third-order valence-corrected chi connectivity index (χ3v) is 7.48. The fourth-order valence-electron chi connectivity index (χ4n) is 3.92. The van der Waals surface area contributed by atoms with Crippen LogP contribution in [-0.2, 0) is 11.3 Å². The van der Waals surface area contributed by atoms with E-state index in [1.165, 1.54) is 11.8 Å². The number of methoxy groups -OCH3 is 1.